The number of para-hydroxylation sites is 1. The smallest absolute Gasteiger partial charge is 0.226 e. The molecule has 33 heavy (non-hydrogen) atoms. The summed E-state index contributed by atoms with van der Waals surface area (Å²) in [6.07, 6.45) is 5.84. The number of hydrogen-bond acceptors (Lipinski definition) is 4. The van der Waals surface area contributed by atoms with Crippen molar-refractivity contribution >= 4 is 16.8 Å². The van der Waals surface area contributed by atoms with Gasteiger partial charge in [0.2, 0.25) is 5.91 Å². The number of fused-ring (bicyclic) bond motifs is 1. The molecule has 1 aromatic carbocycles. The first kappa shape index (κ1) is 22.1. The molecular weight excluding hydrogens is 412 g/mol. The van der Waals surface area contributed by atoms with Crippen molar-refractivity contribution < 1.29 is 9.53 Å². The summed E-state index contributed by atoms with van der Waals surface area (Å²) in [4.78, 5) is 25.8. The highest BCUT2D eigenvalue weighted by Gasteiger charge is 2.31. The lowest BCUT2D eigenvalue weighted by Crippen LogP contribution is -2.46. The summed E-state index contributed by atoms with van der Waals surface area (Å²) < 4.78 is 5.46. The van der Waals surface area contributed by atoms with E-state index < -0.39 is 0 Å². The molecule has 6 nitrogen and oxygen atoms in total. The zero-order chi connectivity index (χ0) is 22.8. The Kier molecular flexibility index (Phi) is 6.47. The first-order valence-corrected chi connectivity index (χ1v) is 12.2. The van der Waals surface area contributed by atoms with Crippen molar-refractivity contribution in [3.63, 3.8) is 0 Å². The molecule has 2 unspecified atom stereocenters. The van der Waals surface area contributed by atoms with Crippen molar-refractivity contribution in [1.82, 2.24) is 19.8 Å². The fourth-order valence-electron chi connectivity index (χ4n) is 5.49. The Morgan fingerprint density at radius 1 is 1.18 bits per heavy atom. The number of nitrogens with one attached hydrogen (secondary N) is 1. The molecule has 2 aliphatic rings. The van der Waals surface area contributed by atoms with Crippen LogP contribution in [0.15, 0.2) is 42.7 Å². The average Bonchev–Trinajstić information content (AvgIpc) is 3.26. The van der Waals surface area contributed by atoms with Crippen LogP contribution >= 0.6 is 0 Å². The molecule has 5 rings (SSSR count). The average molecular weight is 447 g/mol. The number of likely N-dealkylation sites (tertiary alicyclic amines) is 1. The molecule has 0 saturated carbocycles. The Morgan fingerprint density at radius 2 is 1.97 bits per heavy atom. The molecule has 4 heterocycles. The van der Waals surface area contributed by atoms with Crippen LogP contribution in [0.3, 0.4) is 0 Å². The van der Waals surface area contributed by atoms with Gasteiger partial charge in [0.15, 0.2) is 0 Å². The first-order valence-electron chi connectivity index (χ1n) is 12.2. The zero-order valence-corrected chi connectivity index (χ0v) is 19.7. The molecule has 0 aliphatic carbocycles. The van der Waals surface area contributed by atoms with Gasteiger partial charge in [0.1, 0.15) is 0 Å². The number of rotatable bonds is 5. The van der Waals surface area contributed by atoms with Crippen LogP contribution in [-0.4, -0.2) is 71.6 Å². The molecule has 2 saturated heterocycles. The number of aromatic nitrogens is 2. The number of ether oxygens (including phenoxy) is 1. The lowest BCUT2D eigenvalue weighted by atomic mass is 9.89. The van der Waals surface area contributed by atoms with Crippen LogP contribution in [0.2, 0.25) is 0 Å². The maximum Gasteiger partial charge on any atom is 0.226 e. The fraction of sp³-hybridized carbons (Fsp3) is 0.481. The van der Waals surface area contributed by atoms with Gasteiger partial charge >= 0.3 is 0 Å². The number of carbonyl (C=O) groups excluding carboxylic acids is 1. The highest BCUT2D eigenvalue weighted by molar-refractivity contribution is 5.99. The summed E-state index contributed by atoms with van der Waals surface area (Å²) in [6, 6.07) is 10.7. The molecule has 3 aromatic rings. The molecule has 1 amide bonds. The van der Waals surface area contributed by atoms with Gasteiger partial charge in [0.05, 0.1) is 13.2 Å². The molecular formula is C27H34N4O2. The number of morpholine rings is 1. The molecule has 0 bridgehead atoms. The standard InChI is InChI=1S/C27H34N4O2/c1-19-5-3-7-23-24(21-8-10-28-11-9-21)26(29-25(19)23)22-6-4-12-31(18-22)27(32)20(2)17-30-13-15-33-16-14-30/h3,5,7-11,20,22,29H,4,6,12-18H2,1-2H3. The summed E-state index contributed by atoms with van der Waals surface area (Å²) >= 11 is 0. The van der Waals surface area contributed by atoms with E-state index in [2.05, 4.69) is 63.9 Å². The van der Waals surface area contributed by atoms with Crippen LogP contribution in [0.4, 0.5) is 0 Å². The number of H-pyrrole nitrogens is 1. The summed E-state index contributed by atoms with van der Waals surface area (Å²) in [7, 11) is 0. The van der Waals surface area contributed by atoms with Crippen LogP contribution in [0.1, 0.15) is 36.9 Å². The third-order valence-corrected chi connectivity index (χ3v) is 7.24. The second-order valence-corrected chi connectivity index (χ2v) is 9.58. The third-order valence-electron chi connectivity index (χ3n) is 7.24. The monoisotopic (exact) mass is 446 g/mol. The van der Waals surface area contributed by atoms with Crippen molar-refractivity contribution in [3.8, 4) is 11.1 Å². The summed E-state index contributed by atoms with van der Waals surface area (Å²) in [5.41, 5.74) is 6.14. The maximum atomic E-state index is 13.4. The van der Waals surface area contributed by atoms with E-state index in [-0.39, 0.29) is 11.8 Å². The molecule has 0 spiro atoms. The van der Waals surface area contributed by atoms with Gasteiger partial charge < -0.3 is 14.6 Å². The number of piperidine rings is 1. The Bertz CT molecular complexity index is 1100. The Balaban J connectivity index is 1.41. The van der Waals surface area contributed by atoms with Gasteiger partial charge in [-0.1, -0.05) is 25.1 Å². The molecule has 2 aromatic heterocycles. The minimum absolute atomic E-state index is 0.00600. The zero-order valence-electron chi connectivity index (χ0n) is 19.7. The van der Waals surface area contributed by atoms with E-state index in [1.807, 2.05) is 12.4 Å². The quantitative estimate of drug-likeness (QED) is 0.638. The van der Waals surface area contributed by atoms with Crippen molar-refractivity contribution in [1.29, 1.82) is 0 Å². The SMILES string of the molecule is Cc1cccc2c(-c3ccncc3)c(C3CCCN(C(=O)C(C)CN4CCOCC4)C3)[nH]c12. The van der Waals surface area contributed by atoms with Gasteiger partial charge in [-0.2, -0.15) is 0 Å². The fourth-order valence-corrected chi connectivity index (χ4v) is 5.49. The van der Waals surface area contributed by atoms with Gasteiger partial charge in [-0.25, -0.2) is 0 Å². The van der Waals surface area contributed by atoms with Crippen molar-refractivity contribution in [2.24, 2.45) is 5.92 Å². The highest BCUT2D eigenvalue weighted by Crippen LogP contribution is 2.40. The molecule has 2 fully saturated rings. The Morgan fingerprint density at radius 3 is 2.76 bits per heavy atom. The van der Waals surface area contributed by atoms with E-state index in [1.54, 1.807) is 0 Å². The van der Waals surface area contributed by atoms with Gasteiger partial charge in [-0.15, -0.1) is 0 Å². The van der Waals surface area contributed by atoms with E-state index in [0.717, 1.165) is 58.8 Å². The number of benzene rings is 1. The van der Waals surface area contributed by atoms with Gasteiger partial charge in [-0.05, 0) is 43.0 Å². The molecule has 0 radical (unpaired) electrons. The van der Waals surface area contributed by atoms with Gasteiger partial charge in [0.25, 0.3) is 0 Å². The molecule has 2 aliphatic heterocycles. The Labute approximate surface area is 195 Å². The first-order chi connectivity index (χ1) is 16.1. The van der Waals surface area contributed by atoms with Crippen molar-refractivity contribution in [2.45, 2.75) is 32.6 Å². The molecule has 174 valence electrons. The number of hydrogen-bond donors (Lipinski definition) is 1. The van der Waals surface area contributed by atoms with E-state index in [9.17, 15) is 4.79 Å². The topological polar surface area (TPSA) is 61.5 Å². The number of aromatic amines is 1. The van der Waals surface area contributed by atoms with E-state index in [4.69, 9.17) is 4.74 Å². The number of pyridine rings is 1. The number of amides is 1. The van der Waals surface area contributed by atoms with Crippen molar-refractivity contribution in [3.05, 3.63) is 54.0 Å². The third kappa shape index (κ3) is 4.55. The summed E-state index contributed by atoms with van der Waals surface area (Å²) in [6.45, 7) is 10.1. The molecule has 1 N–H and O–H groups in total. The minimum Gasteiger partial charge on any atom is -0.379 e. The molecule has 2 atom stereocenters. The number of carbonyl (C=O) groups is 1. The second-order valence-electron chi connectivity index (χ2n) is 9.58. The van der Waals surface area contributed by atoms with E-state index >= 15 is 0 Å². The minimum atomic E-state index is 0.00600. The predicted molar refractivity (Wildman–Crippen MR) is 131 cm³/mol. The van der Waals surface area contributed by atoms with Gasteiger partial charge in [-0.3, -0.25) is 14.7 Å². The lowest BCUT2D eigenvalue weighted by molar-refractivity contribution is -0.137. The van der Waals surface area contributed by atoms with Crippen LogP contribution in [0.5, 0.6) is 0 Å². The normalized spacial score (nSPS) is 20.8. The van der Waals surface area contributed by atoms with Crippen LogP contribution in [-0.2, 0) is 9.53 Å². The lowest BCUT2D eigenvalue weighted by Gasteiger charge is -2.36. The maximum absolute atomic E-state index is 13.4. The predicted octanol–water partition coefficient (Wildman–Crippen LogP) is 4.21. The molecule has 6 heteroatoms. The van der Waals surface area contributed by atoms with Crippen LogP contribution in [0, 0.1) is 12.8 Å². The summed E-state index contributed by atoms with van der Waals surface area (Å²) in [5.74, 6) is 0.587. The van der Waals surface area contributed by atoms with E-state index in [0.29, 0.717) is 5.92 Å². The van der Waals surface area contributed by atoms with Gasteiger partial charge in [0, 0.05) is 79.1 Å². The highest BCUT2D eigenvalue weighted by atomic mass is 16.5. The van der Waals surface area contributed by atoms with Crippen LogP contribution < -0.4 is 0 Å². The Hall–Kier alpha value is -2.70. The number of aryl methyl sites for hydroxylation is 1. The van der Waals surface area contributed by atoms with Crippen LogP contribution in [0.25, 0.3) is 22.0 Å². The largest absolute Gasteiger partial charge is 0.379 e. The van der Waals surface area contributed by atoms with Crippen molar-refractivity contribution in [2.75, 3.05) is 45.9 Å². The second kappa shape index (κ2) is 9.65. The number of nitrogens with zero attached hydrogens (tertiary/aromatic N) is 3. The summed E-state index contributed by atoms with van der Waals surface area (Å²) in [5, 5.41) is 1.25. The van der Waals surface area contributed by atoms with E-state index in [1.165, 1.54) is 33.3 Å².